The van der Waals surface area contributed by atoms with E-state index in [-0.39, 0.29) is 18.9 Å². The van der Waals surface area contributed by atoms with E-state index >= 15 is 0 Å². The van der Waals surface area contributed by atoms with E-state index in [4.69, 9.17) is 0 Å². The second kappa shape index (κ2) is 10.5. The molecule has 2 unspecified atom stereocenters. The number of hydrogen-bond acceptors (Lipinski definition) is 5. The molecule has 0 aliphatic carbocycles. The van der Waals surface area contributed by atoms with Crippen molar-refractivity contribution in [3.63, 3.8) is 0 Å². The first-order valence-electron chi connectivity index (χ1n) is 10.3. The third-order valence-corrected chi connectivity index (χ3v) is 5.28. The van der Waals surface area contributed by atoms with E-state index in [2.05, 4.69) is 5.32 Å². The van der Waals surface area contributed by atoms with Crippen molar-refractivity contribution in [1.29, 1.82) is 5.26 Å². The van der Waals surface area contributed by atoms with Gasteiger partial charge in [0.2, 0.25) is 11.8 Å². The Hall–Kier alpha value is -4.33. The number of nitrogens with one attached hydrogen (secondary N) is 2. The van der Waals surface area contributed by atoms with E-state index in [0.717, 1.165) is 17.0 Å². The Bertz CT molecular complexity index is 1150. The van der Waals surface area contributed by atoms with Gasteiger partial charge in [-0.2, -0.15) is 5.26 Å². The number of carbonyl (C=O) groups excluding carboxylic acids is 4. The Balaban J connectivity index is 1.58. The highest BCUT2D eigenvalue weighted by atomic mass is 19.1. The Morgan fingerprint density at radius 3 is 2.47 bits per heavy atom. The molecule has 0 radical (unpaired) electrons. The Morgan fingerprint density at radius 1 is 1.12 bits per heavy atom. The predicted octanol–water partition coefficient (Wildman–Crippen LogP) is 1.74. The van der Waals surface area contributed by atoms with Gasteiger partial charge in [0, 0.05) is 25.3 Å². The molecule has 0 aromatic heterocycles. The van der Waals surface area contributed by atoms with Crippen LogP contribution in [0.1, 0.15) is 6.42 Å². The quantitative estimate of drug-likeness (QED) is 0.646. The topological polar surface area (TPSA) is 123 Å². The van der Waals surface area contributed by atoms with Gasteiger partial charge in [0.15, 0.2) is 0 Å². The SMILES string of the molecule is CN(CC(=O)N1CC(C(=O)Nc2ccccc2)CC1C#N)C(=O)C(=O)Nc1ccc(F)cc1F. The number of halogens is 2. The van der Waals surface area contributed by atoms with Gasteiger partial charge in [-0.05, 0) is 30.7 Å². The molecule has 1 aliphatic heterocycles. The zero-order valence-corrected chi connectivity index (χ0v) is 18.1. The van der Waals surface area contributed by atoms with Crippen LogP contribution in [0.25, 0.3) is 0 Å². The van der Waals surface area contributed by atoms with Crippen molar-refractivity contribution in [3.05, 3.63) is 60.2 Å². The number of likely N-dealkylation sites (N-methyl/N-ethyl adjacent to an activating group) is 1. The van der Waals surface area contributed by atoms with Crippen LogP contribution in [-0.4, -0.2) is 59.6 Å². The van der Waals surface area contributed by atoms with E-state index in [1.807, 2.05) is 11.4 Å². The van der Waals surface area contributed by atoms with Gasteiger partial charge in [-0.3, -0.25) is 19.2 Å². The number of rotatable bonds is 5. The normalized spacial score (nSPS) is 16.9. The minimum Gasteiger partial charge on any atom is -0.328 e. The fourth-order valence-corrected chi connectivity index (χ4v) is 3.50. The van der Waals surface area contributed by atoms with Crippen LogP contribution in [-0.2, 0) is 19.2 Å². The molecule has 9 nitrogen and oxygen atoms in total. The van der Waals surface area contributed by atoms with Gasteiger partial charge < -0.3 is 20.4 Å². The molecular weight excluding hydrogens is 448 g/mol. The summed E-state index contributed by atoms with van der Waals surface area (Å²) in [5.41, 5.74) is 0.190. The molecule has 2 aromatic rings. The van der Waals surface area contributed by atoms with E-state index in [0.29, 0.717) is 11.8 Å². The third kappa shape index (κ3) is 5.72. The Kier molecular flexibility index (Phi) is 7.53. The smallest absolute Gasteiger partial charge is 0.313 e. The summed E-state index contributed by atoms with van der Waals surface area (Å²) in [6.45, 7) is -0.561. The molecule has 1 fully saturated rings. The standard InChI is InChI=1S/C23H21F2N5O4/c1-29(23(34)22(33)28-19-8-7-15(24)10-18(19)25)13-20(31)30-12-14(9-17(30)11-26)21(32)27-16-5-3-2-4-6-16/h2-8,10,14,17H,9,12-13H2,1H3,(H,27,32)(H,28,33). The number of carbonyl (C=O) groups is 4. The summed E-state index contributed by atoms with van der Waals surface area (Å²) in [5, 5.41) is 14.2. The van der Waals surface area contributed by atoms with Gasteiger partial charge in [-0.1, -0.05) is 18.2 Å². The van der Waals surface area contributed by atoms with Gasteiger partial charge in [0.1, 0.15) is 17.7 Å². The summed E-state index contributed by atoms with van der Waals surface area (Å²) < 4.78 is 26.7. The van der Waals surface area contributed by atoms with E-state index in [1.165, 1.54) is 11.9 Å². The lowest BCUT2D eigenvalue weighted by Gasteiger charge is -2.23. The molecule has 2 N–H and O–H groups in total. The number of benzene rings is 2. The molecule has 2 aromatic carbocycles. The van der Waals surface area contributed by atoms with Gasteiger partial charge in [0.05, 0.1) is 24.2 Å². The minimum absolute atomic E-state index is 0.0231. The molecule has 0 bridgehead atoms. The summed E-state index contributed by atoms with van der Waals surface area (Å²) in [6, 6.07) is 12.3. The fraction of sp³-hybridized carbons (Fsp3) is 0.261. The highest BCUT2D eigenvalue weighted by Gasteiger charge is 2.39. The van der Waals surface area contributed by atoms with E-state index in [1.54, 1.807) is 30.3 Å². The number of nitrogens with zero attached hydrogens (tertiary/aromatic N) is 3. The first-order chi connectivity index (χ1) is 16.2. The highest BCUT2D eigenvalue weighted by molar-refractivity contribution is 6.39. The van der Waals surface area contributed by atoms with Crippen LogP contribution in [0.3, 0.4) is 0 Å². The van der Waals surface area contributed by atoms with Gasteiger partial charge in [-0.25, -0.2) is 8.78 Å². The molecule has 3 rings (SSSR count). The van der Waals surface area contributed by atoms with Crippen LogP contribution < -0.4 is 10.6 Å². The van der Waals surface area contributed by atoms with Crippen molar-refractivity contribution >= 4 is 35.0 Å². The van der Waals surface area contributed by atoms with Crippen molar-refractivity contribution in [1.82, 2.24) is 9.80 Å². The molecule has 0 saturated carbocycles. The molecule has 1 saturated heterocycles. The monoisotopic (exact) mass is 469 g/mol. The zero-order valence-electron chi connectivity index (χ0n) is 18.1. The maximum absolute atomic E-state index is 13.7. The first kappa shape index (κ1) is 24.3. The van der Waals surface area contributed by atoms with Gasteiger partial charge in [-0.15, -0.1) is 0 Å². The van der Waals surface area contributed by atoms with Crippen LogP contribution in [0.2, 0.25) is 0 Å². The van der Waals surface area contributed by atoms with Crippen molar-refractivity contribution in [2.24, 2.45) is 5.92 Å². The average molecular weight is 469 g/mol. The van der Waals surface area contributed by atoms with Crippen LogP contribution in [0.5, 0.6) is 0 Å². The molecule has 1 aliphatic rings. The van der Waals surface area contributed by atoms with Crippen LogP contribution in [0, 0.1) is 28.9 Å². The maximum Gasteiger partial charge on any atom is 0.313 e. The lowest BCUT2D eigenvalue weighted by molar-refractivity contribution is -0.145. The van der Waals surface area contributed by atoms with Crippen molar-refractivity contribution in [2.75, 3.05) is 30.8 Å². The van der Waals surface area contributed by atoms with E-state index < -0.39 is 53.5 Å². The van der Waals surface area contributed by atoms with Crippen molar-refractivity contribution in [3.8, 4) is 6.07 Å². The molecule has 0 spiro atoms. The largest absolute Gasteiger partial charge is 0.328 e. The molecule has 34 heavy (non-hydrogen) atoms. The molecule has 4 amide bonds. The predicted molar refractivity (Wildman–Crippen MR) is 117 cm³/mol. The second-order valence-electron chi connectivity index (χ2n) is 7.72. The molecule has 1 heterocycles. The number of amides is 4. The fourth-order valence-electron chi connectivity index (χ4n) is 3.50. The Labute approximate surface area is 193 Å². The lowest BCUT2D eigenvalue weighted by Crippen LogP contribution is -2.46. The molecule has 176 valence electrons. The number of nitriles is 1. The Morgan fingerprint density at radius 2 is 1.82 bits per heavy atom. The molecule has 2 atom stereocenters. The summed E-state index contributed by atoms with van der Waals surface area (Å²) in [7, 11) is 1.19. The summed E-state index contributed by atoms with van der Waals surface area (Å²) in [5.74, 6) is -5.86. The van der Waals surface area contributed by atoms with Crippen molar-refractivity contribution in [2.45, 2.75) is 12.5 Å². The second-order valence-corrected chi connectivity index (χ2v) is 7.72. The first-order valence-corrected chi connectivity index (χ1v) is 10.3. The summed E-state index contributed by atoms with van der Waals surface area (Å²) in [4.78, 5) is 51.8. The average Bonchev–Trinajstić information content (AvgIpc) is 3.26. The zero-order chi connectivity index (χ0) is 24.8. The van der Waals surface area contributed by atoms with Crippen molar-refractivity contribution < 1.29 is 28.0 Å². The minimum atomic E-state index is -1.22. The maximum atomic E-state index is 13.7. The number of likely N-dealkylation sites (tertiary alicyclic amines) is 1. The number of hydrogen-bond donors (Lipinski definition) is 2. The highest BCUT2D eigenvalue weighted by Crippen LogP contribution is 2.25. The summed E-state index contributed by atoms with van der Waals surface area (Å²) >= 11 is 0. The molecular formula is C23H21F2N5O4. The number of para-hydroxylation sites is 1. The van der Waals surface area contributed by atoms with Gasteiger partial charge >= 0.3 is 11.8 Å². The van der Waals surface area contributed by atoms with Crippen LogP contribution >= 0.6 is 0 Å². The third-order valence-electron chi connectivity index (χ3n) is 5.28. The van der Waals surface area contributed by atoms with Gasteiger partial charge in [0.25, 0.3) is 0 Å². The molecule has 11 heteroatoms. The lowest BCUT2D eigenvalue weighted by atomic mass is 10.1. The number of anilines is 2. The summed E-state index contributed by atoms with van der Waals surface area (Å²) in [6.07, 6.45) is 0.128. The van der Waals surface area contributed by atoms with Crippen LogP contribution in [0.4, 0.5) is 20.2 Å². The van der Waals surface area contributed by atoms with E-state index in [9.17, 15) is 33.2 Å². The van der Waals surface area contributed by atoms with Crippen LogP contribution in [0.15, 0.2) is 48.5 Å².